The molecule has 0 saturated heterocycles. The molecule has 0 atom stereocenters. The Hall–Kier alpha value is -2.87. The predicted molar refractivity (Wildman–Crippen MR) is 88.6 cm³/mol. The van der Waals surface area contributed by atoms with E-state index in [2.05, 4.69) is 58.5 Å². The van der Waals surface area contributed by atoms with Crippen LogP contribution in [-0.4, -0.2) is 9.97 Å². The van der Waals surface area contributed by atoms with Crippen molar-refractivity contribution in [1.82, 2.24) is 9.97 Å². The molecule has 98 valence electrons. The minimum Gasteiger partial charge on any atom is -0.361 e. The van der Waals surface area contributed by atoms with Crippen LogP contribution in [-0.2, 0) is 0 Å². The van der Waals surface area contributed by atoms with Crippen molar-refractivity contribution in [3.8, 4) is 0 Å². The Labute approximate surface area is 121 Å². The summed E-state index contributed by atoms with van der Waals surface area (Å²) in [4.78, 5) is 7.72. The summed E-state index contributed by atoms with van der Waals surface area (Å²) in [5.41, 5.74) is 2.23. The van der Waals surface area contributed by atoms with E-state index in [-0.39, 0.29) is 0 Å². The molecule has 0 radical (unpaired) electrons. The number of hydrogen-bond donors (Lipinski definition) is 1. The van der Waals surface area contributed by atoms with Gasteiger partial charge in [-0.05, 0) is 75.5 Å². The molecule has 0 aliphatic rings. The van der Waals surface area contributed by atoms with Crippen molar-refractivity contribution in [3.63, 3.8) is 0 Å². The number of benzene rings is 3. The summed E-state index contributed by atoms with van der Waals surface area (Å²) in [7, 11) is 0. The molecule has 0 unspecified atom stereocenters. The van der Waals surface area contributed by atoms with Crippen LogP contribution in [0.5, 0.6) is 0 Å². The number of nitrogens with zero attached hydrogens (tertiary/aromatic N) is 1. The van der Waals surface area contributed by atoms with Crippen molar-refractivity contribution < 1.29 is 0 Å². The molecule has 0 amide bonds. The van der Waals surface area contributed by atoms with Gasteiger partial charge in [0.25, 0.3) is 0 Å². The molecule has 0 saturated carbocycles. The molecule has 2 heterocycles. The maximum atomic E-state index is 4.45. The molecule has 5 rings (SSSR count). The minimum atomic E-state index is 1.05. The zero-order chi connectivity index (χ0) is 13.8. The van der Waals surface area contributed by atoms with Crippen molar-refractivity contribution in [2.75, 3.05) is 0 Å². The van der Waals surface area contributed by atoms with E-state index in [1.807, 2.05) is 18.5 Å². The average molecular weight is 268 g/mol. The lowest BCUT2D eigenvalue weighted by atomic mass is 10.0. The molecule has 0 aliphatic carbocycles. The first-order chi connectivity index (χ1) is 10.4. The van der Waals surface area contributed by atoms with Gasteiger partial charge in [-0.15, -0.1) is 0 Å². The average Bonchev–Trinajstić information content (AvgIpc) is 2.95. The van der Waals surface area contributed by atoms with Crippen LogP contribution in [0.15, 0.2) is 67.0 Å². The zero-order valence-electron chi connectivity index (χ0n) is 11.3. The second-order valence-corrected chi connectivity index (χ2v) is 5.51. The molecule has 5 aromatic rings. The van der Waals surface area contributed by atoms with E-state index in [1.165, 1.54) is 37.8 Å². The monoisotopic (exact) mass is 268 g/mol. The highest BCUT2D eigenvalue weighted by Gasteiger charge is 2.03. The lowest BCUT2D eigenvalue weighted by Crippen LogP contribution is -1.81. The quantitative estimate of drug-likeness (QED) is 0.392. The topological polar surface area (TPSA) is 28.7 Å². The number of pyridine rings is 1. The Morgan fingerprint density at radius 1 is 0.667 bits per heavy atom. The molecule has 0 bridgehead atoms. The summed E-state index contributed by atoms with van der Waals surface area (Å²) in [5, 5.41) is 7.47. The third-order valence-corrected chi connectivity index (χ3v) is 4.19. The van der Waals surface area contributed by atoms with Gasteiger partial charge in [0, 0.05) is 23.3 Å². The van der Waals surface area contributed by atoms with Crippen molar-refractivity contribution in [2.24, 2.45) is 0 Å². The van der Waals surface area contributed by atoms with Crippen molar-refractivity contribution in [1.29, 1.82) is 0 Å². The highest BCUT2D eigenvalue weighted by atomic mass is 14.7. The molecule has 0 fully saturated rings. The molecule has 0 spiro atoms. The van der Waals surface area contributed by atoms with Gasteiger partial charge in [0.1, 0.15) is 0 Å². The third-order valence-electron chi connectivity index (χ3n) is 4.19. The summed E-state index contributed by atoms with van der Waals surface area (Å²) in [5.74, 6) is 0. The largest absolute Gasteiger partial charge is 0.361 e. The van der Waals surface area contributed by atoms with Gasteiger partial charge in [0.2, 0.25) is 0 Å². The number of fused-ring (bicyclic) bond motifs is 4. The van der Waals surface area contributed by atoms with Crippen LogP contribution in [0, 0.1) is 0 Å². The van der Waals surface area contributed by atoms with Crippen LogP contribution in [0.4, 0.5) is 0 Å². The summed E-state index contributed by atoms with van der Waals surface area (Å²) in [6, 6.07) is 19.6. The zero-order valence-corrected chi connectivity index (χ0v) is 11.3. The molecule has 1 N–H and O–H groups in total. The number of nitrogens with one attached hydrogen (secondary N) is 1. The highest BCUT2D eigenvalue weighted by Crippen LogP contribution is 2.29. The normalized spacial score (nSPS) is 11.8. The van der Waals surface area contributed by atoms with E-state index >= 15 is 0 Å². The van der Waals surface area contributed by atoms with E-state index in [9.17, 15) is 0 Å². The van der Waals surface area contributed by atoms with E-state index in [0.717, 1.165) is 5.52 Å². The number of aromatic amines is 1. The number of hydrogen-bond acceptors (Lipinski definition) is 1. The van der Waals surface area contributed by atoms with Crippen LogP contribution in [0.3, 0.4) is 0 Å². The Morgan fingerprint density at radius 3 is 2.29 bits per heavy atom. The van der Waals surface area contributed by atoms with E-state index < -0.39 is 0 Å². The fourth-order valence-electron chi connectivity index (χ4n) is 3.12. The Kier molecular flexibility index (Phi) is 1.98. The number of aromatic nitrogens is 2. The highest BCUT2D eigenvalue weighted by molar-refractivity contribution is 6.07. The predicted octanol–water partition coefficient (Wildman–Crippen LogP) is 5.02. The maximum absolute atomic E-state index is 4.45. The summed E-state index contributed by atoms with van der Waals surface area (Å²) in [6.07, 6.45) is 3.83. The molecule has 3 aromatic carbocycles. The SMILES string of the molecule is c1cnc2cc3cc4cc5[nH]ccc5cc4cc3cc2c1. The molecule has 2 heteroatoms. The van der Waals surface area contributed by atoms with Gasteiger partial charge in [-0.3, -0.25) is 4.98 Å². The molecule has 2 nitrogen and oxygen atoms in total. The fourth-order valence-corrected chi connectivity index (χ4v) is 3.12. The van der Waals surface area contributed by atoms with Crippen LogP contribution in [0.2, 0.25) is 0 Å². The van der Waals surface area contributed by atoms with Crippen LogP contribution < -0.4 is 0 Å². The minimum absolute atomic E-state index is 1.05. The van der Waals surface area contributed by atoms with Gasteiger partial charge in [0.15, 0.2) is 0 Å². The lowest BCUT2D eigenvalue weighted by molar-refractivity contribution is 1.42. The first kappa shape index (κ1) is 10.9. The molecule has 0 aliphatic heterocycles. The second kappa shape index (κ2) is 3.83. The van der Waals surface area contributed by atoms with Gasteiger partial charge in [0.05, 0.1) is 5.52 Å². The molecule has 2 aromatic heterocycles. The number of rotatable bonds is 0. The Balaban J connectivity index is 1.95. The van der Waals surface area contributed by atoms with Crippen molar-refractivity contribution in [3.05, 3.63) is 67.0 Å². The second-order valence-electron chi connectivity index (χ2n) is 5.51. The summed E-state index contributed by atoms with van der Waals surface area (Å²) < 4.78 is 0. The van der Waals surface area contributed by atoms with Gasteiger partial charge >= 0.3 is 0 Å². The first-order valence-electron chi connectivity index (χ1n) is 7.06. The summed E-state index contributed by atoms with van der Waals surface area (Å²) in [6.45, 7) is 0. The third kappa shape index (κ3) is 1.56. The van der Waals surface area contributed by atoms with Gasteiger partial charge in [-0.2, -0.15) is 0 Å². The number of H-pyrrole nitrogens is 1. The standard InChI is InChI=1S/C19H12N2/c1-2-12-6-14-8-15-7-13-3-5-21-19(13)11-17(15)9-16(14)10-18(12)20-4-1/h1-11,21H. The van der Waals surface area contributed by atoms with Crippen molar-refractivity contribution in [2.45, 2.75) is 0 Å². The molecular weight excluding hydrogens is 256 g/mol. The Bertz CT molecular complexity index is 1050. The lowest BCUT2D eigenvalue weighted by Gasteiger charge is -2.05. The molecular formula is C19H12N2. The van der Waals surface area contributed by atoms with Crippen LogP contribution >= 0.6 is 0 Å². The van der Waals surface area contributed by atoms with Crippen LogP contribution in [0.1, 0.15) is 0 Å². The van der Waals surface area contributed by atoms with Gasteiger partial charge in [-0.1, -0.05) is 6.07 Å². The van der Waals surface area contributed by atoms with Crippen LogP contribution in [0.25, 0.3) is 43.4 Å². The Morgan fingerprint density at radius 2 is 1.38 bits per heavy atom. The van der Waals surface area contributed by atoms with Gasteiger partial charge < -0.3 is 4.98 Å². The van der Waals surface area contributed by atoms with Crippen molar-refractivity contribution >= 4 is 43.4 Å². The maximum Gasteiger partial charge on any atom is 0.0708 e. The van der Waals surface area contributed by atoms with Gasteiger partial charge in [-0.25, -0.2) is 0 Å². The van der Waals surface area contributed by atoms with E-state index in [4.69, 9.17) is 0 Å². The fraction of sp³-hybridized carbons (Fsp3) is 0. The van der Waals surface area contributed by atoms with E-state index in [1.54, 1.807) is 0 Å². The summed E-state index contributed by atoms with van der Waals surface area (Å²) >= 11 is 0. The molecule has 21 heavy (non-hydrogen) atoms. The van der Waals surface area contributed by atoms with E-state index in [0.29, 0.717) is 0 Å². The first-order valence-corrected chi connectivity index (χ1v) is 7.06. The smallest absolute Gasteiger partial charge is 0.0708 e.